The number of thiophene rings is 1. The van der Waals surface area contributed by atoms with Gasteiger partial charge < -0.3 is 4.74 Å². The number of ether oxygens (including phenoxy) is 1. The number of methoxy groups -OCH3 is 1. The van der Waals surface area contributed by atoms with Crippen LogP contribution >= 0.6 is 22.9 Å². The second kappa shape index (κ2) is 3.55. The first-order chi connectivity index (χ1) is 6.74. The van der Waals surface area contributed by atoms with E-state index < -0.39 is 5.97 Å². The van der Waals surface area contributed by atoms with Gasteiger partial charge in [-0.1, -0.05) is 11.6 Å². The molecule has 0 saturated carbocycles. The summed E-state index contributed by atoms with van der Waals surface area (Å²) >= 11 is 7.48. The van der Waals surface area contributed by atoms with E-state index in [2.05, 4.69) is 9.72 Å². The summed E-state index contributed by atoms with van der Waals surface area (Å²) in [5, 5.41) is 2.29. The molecule has 0 aliphatic carbocycles. The van der Waals surface area contributed by atoms with Crippen LogP contribution in [0.5, 0.6) is 0 Å². The van der Waals surface area contributed by atoms with Crippen LogP contribution in [0, 0.1) is 0 Å². The van der Waals surface area contributed by atoms with Gasteiger partial charge in [0.05, 0.1) is 27.9 Å². The normalized spacial score (nSPS) is 10.4. The van der Waals surface area contributed by atoms with Crippen LogP contribution in [0.25, 0.3) is 10.2 Å². The van der Waals surface area contributed by atoms with E-state index in [4.69, 9.17) is 11.6 Å². The molecule has 0 spiro atoms. The minimum absolute atomic E-state index is 0.309. The Labute approximate surface area is 89.3 Å². The SMILES string of the molecule is COC(=O)c1cnc2ccsc2c1Cl. The lowest BCUT2D eigenvalue weighted by atomic mass is 10.2. The molecule has 14 heavy (non-hydrogen) atoms. The molecule has 0 N–H and O–H groups in total. The number of hydrogen-bond acceptors (Lipinski definition) is 4. The molecule has 0 aliphatic rings. The van der Waals surface area contributed by atoms with Crippen molar-refractivity contribution in [3.05, 3.63) is 28.2 Å². The van der Waals surface area contributed by atoms with E-state index in [0.717, 1.165) is 10.2 Å². The Morgan fingerprint density at radius 2 is 2.43 bits per heavy atom. The van der Waals surface area contributed by atoms with Gasteiger partial charge in [-0.15, -0.1) is 11.3 Å². The van der Waals surface area contributed by atoms with Gasteiger partial charge in [0.25, 0.3) is 0 Å². The Hall–Kier alpha value is -1.13. The van der Waals surface area contributed by atoms with Crippen LogP contribution in [0.2, 0.25) is 5.02 Å². The quantitative estimate of drug-likeness (QED) is 0.704. The summed E-state index contributed by atoms with van der Waals surface area (Å²) in [4.78, 5) is 15.4. The number of esters is 1. The number of carbonyl (C=O) groups excluding carboxylic acids is 1. The van der Waals surface area contributed by atoms with Crippen LogP contribution in [-0.4, -0.2) is 18.1 Å². The summed E-state index contributed by atoms with van der Waals surface area (Å²) in [6.07, 6.45) is 1.43. The lowest BCUT2D eigenvalue weighted by Gasteiger charge is -2.01. The smallest absolute Gasteiger partial charge is 0.341 e. The zero-order valence-corrected chi connectivity index (χ0v) is 8.85. The van der Waals surface area contributed by atoms with E-state index in [1.807, 2.05) is 11.4 Å². The summed E-state index contributed by atoms with van der Waals surface area (Å²) in [6.45, 7) is 0. The van der Waals surface area contributed by atoms with Crippen LogP contribution < -0.4 is 0 Å². The van der Waals surface area contributed by atoms with Crippen LogP contribution in [0.3, 0.4) is 0 Å². The lowest BCUT2D eigenvalue weighted by Crippen LogP contribution is -2.02. The number of hydrogen-bond donors (Lipinski definition) is 0. The molecule has 0 aromatic carbocycles. The summed E-state index contributed by atoms with van der Waals surface area (Å²) < 4.78 is 5.40. The number of rotatable bonds is 1. The van der Waals surface area contributed by atoms with Crippen LogP contribution in [0.1, 0.15) is 10.4 Å². The molecule has 2 aromatic rings. The Bertz CT molecular complexity index is 495. The standard InChI is InChI=1S/C9H6ClNO2S/c1-13-9(12)5-4-11-6-2-3-14-8(6)7(5)10/h2-4H,1H3. The fourth-order valence-electron chi connectivity index (χ4n) is 1.13. The molecule has 0 bridgehead atoms. The van der Waals surface area contributed by atoms with Crippen molar-refractivity contribution in [2.24, 2.45) is 0 Å². The molecule has 2 aromatic heterocycles. The van der Waals surface area contributed by atoms with Gasteiger partial charge in [-0.2, -0.15) is 0 Å². The average Bonchev–Trinajstić information content (AvgIpc) is 2.66. The average molecular weight is 228 g/mol. The van der Waals surface area contributed by atoms with Crippen molar-refractivity contribution in [1.29, 1.82) is 0 Å². The van der Waals surface area contributed by atoms with Gasteiger partial charge in [0, 0.05) is 6.20 Å². The minimum atomic E-state index is -0.460. The third kappa shape index (κ3) is 1.36. The first-order valence-corrected chi connectivity index (χ1v) is 5.10. The second-order valence-corrected chi connectivity index (χ2v) is 3.91. The zero-order valence-electron chi connectivity index (χ0n) is 7.28. The van der Waals surface area contributed by atoms with E-state index in [1.165, 1.54) is 24.6 Å². The molecule has 3 nitrogen and oxygen atoms in total. The van der Waals surface area contributed by atoms with Crippen molar-refractivity contribution in [3.63, 3.8) is 0 Å². The fourth-order valence-corrected chi connectivity index (χ4v) is 2.28. The Balaban J connectivity index is 2.67. The van der Waals surface area contributed by atoms with Crippen LogP contribution in [0.4, 0.5) is 0 Å². The molecule has 0 saturated heterocycles. The topological polar surface area (TPSA) is 39.2 Å². The van der Waals surface area contributed by atoms with Gasteiger partial charge in [0.1, 0.15) is 0 Å². The number of carbonyl (C=O) groups is 1. The van der Waals surface area contributed by atoms with E-state index >= 15 is 0 Å². The van der Waals surface area contributed by atoms with Gasteiger partial charge in [-0.25, -0.2) is 4.79 Å². The molecular weight excluding hydrogens is 222 g/mol. The van der Waals surface area contributed by atoms with E-state index in [0.29, 0.717) is 10.6 Å². The third-order valence-corrected chi connectivity index (χ3v) is 3.24. The van der Waals surface area contributed by atoms with Gasteiger partial charge >= 0.3 is 5.97 Å². The fraction of sp³-hybridized carbons (Fsp3) is 0.111. The van der Waals surface area contributed by atoms with Gasteiger partial charge in [-0.05, 0) is 11.4 Å². The van der Waals surface area contributed by atoms with Crippen molar-refractivity contribution >= 4 is 39.1 Å². The maximum absolute atomic E-state index is 11.3. The highest BCUT2D eigenvalue weighted by Gasteiger charge is 2.14. The molecule has 0 amide bonds. The summed E-state index contributed by atoms with van der Waals surface area (Å²) in [5.74, 6) is -0.460. The van der Waals surface area contributed by atoms with Crippen molar-refractivity contribution in [2.45, 2.75) is 0 Å². The van der Waals surface area contributed by atoms with Crippen molar-refractivity contribution in [3.8, 4) is 0 Å². The molecule has 2 rings (SSSR count). The minimum Gasteiger partial charge on any atom is -0.465 e. The van der Waals surface area contributed by atoms with Gasteiger partial charge in [-0.3, -0.25) is 4.98 Å². The molecule has 0 radical (unpaired) electrons. The Morgan fingerprint density at radius 1 is 1.64 bits per heavy atom. The first kappa shape index (κ1) is 9.43. The molecule has 5 heteroatoms. The predicted molar refractivity (Wildman–Crippen MR) is 56.0 cm³/mol. The van der Waals surface area contributed by atoms with Gasteiger partial charge in [0.2, 0.25) is 0 Å². The molecule has 72 valence electrons. The van der Waals surface area contributed by atoms with Crippen LogP contribution in [0.15, 0.2) is 17.6 Å². The second-order valence-electron chi connectivity index (χ2n) is 2.61. The van der Waals surface area contributed by atoms with E-state index in [9.17, 15) is 4.79 Å². The highest BCUT2D eigenvalue weighted by molar-refractivity contribution is 7.17. The number of pyridine rings is 1. The highest BCUT2D eigenvalue weighted by Crippen LogP contribution is 2.30. The molecular formula is C9H6ClNO2S. The maximum atomic E-state index is 11.3. The highest BCUT2D eigenvalue weighted by atomic mass is 35.5. The molecule has 0 unspecified atom stereocenters. The van der Waals surface area contributed by atoms with Gasteiger partial charge in [0.15, 0.2) is 0 Å². The number of fused-ring (bicyclic) bond motifs is 1. The Kier molecular flexibility index (Phi) is 2.39. The Morgan fingerprint density at radius 3 is 3.14 bits per heavy atom. The van der Waals surface area contributed by atoms with Crippen molar-refractivity contribution in [1.82, 2.24) is 4.98 Å². The predicted octanol–water partition coefficient (Wildman–Crippen LogP) is 2.74. The molecule has 0 fully saturated rings. The van der Waals surface area contributed by atoms with Crippen LogP contribution in [-0.2, 0) is 4.74 Å². The van der Waals surface area contributed by atoms with E-state index in [-0.39, 0.29) is 0 Å². The summed E-state index contributed by atoms with van der Waals surface area (Å²) in [5.41, 5.74) is 1.11. The summed E-state index contributed by atoms with van der Waals surface area (Å²) in [7, 11) is 1.32. The van der Waals surface area contributed by atoms with Crippen molar-refractivity contribution in [2.75, 3.05) is 7.11 Å². The van der Waals surface area contributed by atoms with E-state index in [1.54, 1.807) is 0 Å². The summed E-state index contributed by atoms with van der Waals surface area (Å²) in [6, 6.07) is 1.85. The molecule has 0 atom stereocenters. The monoisotopic (exact) mass is 227 g/mol. The zero-order chi connectivity index (χ0) is 10.1. The molecule has 0 aliphatic heterocycles. The molecule has 2 heterocycles. The first-order valence-electron chi connectivity index (χ1n) is 3.84. The lowest BCUT2D eigenvalue weighted by molar-refractivity contribution is 0.0600. The van der Waals surface area contributed by atoms with Crippen molar-refractivity contribution < 1.29 is 9.53 Å². The maximum Gasteiger partial charge on any atom is 0.341 e. The number of halogens is 1. The largest absolute Gasteiger partial charge is 0.465 e. The number of nitrogens with zero attached hydrogens (tertiary/aromatic N) is 1. The third-order valence-electron chi connectivity index (χ3n) is 1.82. The number of aromatic nitrogens is 1.